The summed E-state index contributed by atoms with van der Waals surface area (Å²) in [6.07, 6.45) is 3.53. The maximum absolute atomic E-state index is 13.0. The molecule has 0 radical (unpaired) electrons. The maximum Gasteiger partial charge on any atom is 0.263 e. The summed E-state index contributed by atoms with van der Waals surface area (Å²) in [5, 5.41) is 3.93. The molecule has 5 nitrogen and oxygen atoms in total. The van der Waals surface area contributed by atoms with E-state index in [4.69, 9.17) is 0 Å². The predicted octanol–water partition coefficient (Wildman–Crippen LogP) is 4.05. The van der Waals surface area contributed by atoms with Gasteiger partial charge in [-0.25, -0.2) is 9.37 Å². The monoisotopic (exact) mass is 410 g/mol. The Morgan fingerprint density at radius 1 is 1.21 bits per heavy atom. The number of hydrogen-bond acceptors (Lipinski definition) is 5. The molecular weight excluding hydrogens is 387 g/mol. The molecule has 1 amide bonds. The molecule has 7 heteroatoms. The van der Waals surface area contributed by atoms with E-state index in [9.17, 15) is 9.18 Å². The molecule has 3 heterocycles. The van der Waals surface area contributed by atoms with Crippen LogP contribution in [0.1, 0.15) is 33.8 Å². The molecule has 1 saturated heterocycles. The molecule has 150 valence electrons. The fourth-order valence-electron chi connectivity index (χ4n) is 3.54. The van der Waals surface area contributed by atoms with Gasteiger partial charge < -0.3 is 5.32 Å². The number of nitrogens with one attached hydrogen (secondary N) is 1. The van der Waals surface area contributed by atoms with Crippen LogP contribution in [0, 0.1) is 12.7 Å². The first kappa shape index (κ1) is 19.7. The van der Waals surface area contributed by atoms with Crippen molar-refractivity contribution in [2.45, 2.75) is 32.4 Å². The van der Waals surface area contributed by atoms with E-state index < -0.39 is 0 Å². The summed E-state index contributed by atoms with van der Waals surface area (Å²) in [5.74, 6) is -0.265. The number of carbonyl (C=O) groups is 1. The highest BCUT2D eigenvalue weighted by Crippen LogP contribution is 2.26. The number of amides is 1. The number of pyridine rings is 1. The molecule has 0 bridgehead atoms. The van der Waals surface area contributed by atoms with Crippen LogP contribution in [0.25, 0.3) is 10.7 Å². The minimum atomic E-state index is -0.209. The van der Waals surface area contributed by atoms with Crippen molar-refractivity contribution < 1.29 is 9.18 Å². The number of hydrogen-bond donors (Lipinski definition) is 1. The van der Waals surface area contributed by atoms with Crippen LogP contribution in [-0.4, -0.2) is 39.9 Å². The quantitative estimate of drug-likeness (QED) is 0.690. The average molecular weight is 411 g/mol. The predicted molar refractivity (Wildman–Crippen MR) is 112 cm³/mol. The van der Waals surface area contributed by atoms with E-state index in [2.05, 4.69) is 20.2 Å². The zero-order chi connectivity index (χ0) is 20.2. The van der Waals surface area contributed by atoms with Gasteiger partial charge in [-0.3, -0.25) is 14.7 Å². The van der Waals surface area contributed by atoms with E-state index in [0.717, 1.165) is 54.4 Å². The second-order valence-corrected chi connectivity index (χ2v) is 8.30. The van der Waals surface area contributed by atoms with Crippen molar-refractivity contribution in [3.63, 3.8) is 0 Å². The van der Waals surface area contributed by atoms with Gasteiger partial charge in [0.2, 0.25) is 0 Å². The fraction of sp³-hybridized carbons (Fsp3) is 0.318. The number of rotatable bonds is 5. The highest BCUT2D eigenvalue weighted by Gasteiger charge is 2.23. The van der Waals surface area contributed by atoms with Gasteiger partial charge >= 0.3 is 0 Å². The molecule has 1 N–H and O–H groups in total. The Morgan fingerprint density at radius 3 is 2.66 bits per heavy atom. The summed E-state index contributed by atoms with van der Waals surface area (Å²) in [4.78, 5) is 24.6. The standard InChI is InChI=1S/C22H23FN4OS/c1-15-20(29-22(25-15)19-4-2-3-11-24-19)21(28)26-18-9-12-27(13-10-18)14-16-5-7-17(23)8-6-16/h2-8,11,18H,9-10,12-14H2,1H3,(H,26,28). The largest absolute Gasteiger partial charge is 0.348 e. The summed E-state index contributed by atoms with van der Waals surface area (Å²) in [6.45, 7) is 4.48. The Kier molecular flexibility index (Phi) is 5.97. The fourth-order valence-corrected chi connectivity index (χ4v) is 4.49. The zero-order valence-electron chi connectivity index (χ0n) is 16.3. The van der Waals surface area contributed by atoms with Crippen LogP contribution in [0.2, 0.25) is 0 Å². The van der Waals surface area contributed by atoms with E-state index in [-0.39, 0.29) is 17.8 Å². The Hall–Kier alpha value is -2.64. The van der Waals surface area contributed by atoms with E-state index in [1.54, 1.807) is 6.20 Å². The van der Waals surface area contributed by atoms with Crippen molar-refractivity contribution in [3.8, 4) is 10.7 Å². The highest BCUT2D eigenvalue weighted by molar-refractivity contribution is 7.17. The van der Waals surface area contributed by atoms with Crippen LogP contribution in [-0.2, 0) is 6.54 Å². The van der Waals surface area contributed by atoms with Crippen molar-refractivity contribution >= 4 is 17.2 Å². The Balaban J connectivity index is 1.32. The van der Waals surface area contributed by atoms with Crippen molar-refractivity contribution in [1.29, 1.82) is 0 Å². The number of carbonyl (C=O) groups excluding carboxylic acids is 1. The zero-order valence-corrected chi connectivity index (χ0v) is 17.1. The summed E-state index contributed by atoms with van der Waals surface area (Å²) in [5.41, 5.74) is 2.63. The minimum Gasteiger partial charge on any atom is -0.348 e. The molecule has 0 unspecified atom stereocenters. The van der Waals surface area contributed by atoms with Gasteiger partial charge in [-0.05, 0) is 49.6 Å². The van der Waals surface area contributed by atoms with E-state index in [1.165, 1.54) is 23.5 Å². The lowest BCUT2D eigenvalue weighted by Gasteiger charge is -2.32. The summed E-state index contributed by atoms with van der Waals surface area (Å²) >= 11 is 1.39. The maximum atomic E-state index is 13.0. The molecule has 1 aliphatic heterocycles. The highest BCUT2D eigenvalue weighted by atomic mass is 32.1. The first-order valence-corrected chi connectivity index (χ1v) is 10.6. The number of thiazole rings is 1. The Labute approximate surface area is 173 Å². The van der Waals surface area contributed by atoms with Gasteiger partial charge in [-0.1, -0.05) is 18.2 Å². The Bertz CT molecular complexity index is 966. The van der Waals surface area contributed by atoms with E-state index in [0.29, 0.717) is 4.88 Å². The molecule has 1 fully saturated rings. The second-order valence-electron chi connectivity index (χ2n) is 7.30. The van der Waals surface area contributed by atoms with Gasteiger partial charge in [-0.2, -0.15) is 0 Å². The van der Waals surface area contributed by atoms with Gasteiger partial charge in [0.1, 0.15) is 15.7 Å². The summed E-state index contributed by atoms with van der Waals surface area (Å²) in [7, 11) is 0. The van der Waals surface area contributed by atoms with E-state index in [1.807, 2.05) is 37.3 Å². The molecule has 4 rings (SSSR count). The van der Waals surface area contributed by atoms with Crippen LogP contribution < -0.4 is 5.32 Å². The van der Waals surface area contributed by atoms with E-state index >= 15 is 0 Å². The molecule has 1 aliphatic rings. The third-order valence-electron chi connectivity index (χ3n) is 5.13. The van der Waals surface area contributed by atoms with Gasteiger partial charge in [0, 0.05) is 31.9 Å². The number of piperidine rings is 1. The van der Waals surface area contributed by atoms with Crippen LogP contribution in [0.3, 0.4) is 0 Å². The molecule has 0 saturated carbocycles. The SMILES string of the molecule is Cc1nc(-c2ccccn2)sc1C(=O)NC1CCN(Cc2ccc(F)cc2)CC1. The van der Waals surface area contributed by atoms with Crippen LogP contribution in [0.15, 0.2) is 48.7 Å². The van der Waals surface area contributed by atoms with Crippen LogP contribution >= 0.6 is 11.3 Å². The molecule has 29 heavy (non-hydrogen) atoms. The molecule has 0 spiro atoms. The lowest BCUT2D eigenvalue weighted by molar-refractivity contribution is 0.0912. The topological polar surface area (TPSA) is 58.1 Å². The van der Waals surface area contributed by atoms with Gasteiger partial charge in [0.05, 0.1) is 11.4 Å². The minimum absolute atomic E-state index is 0.0563. The number of aromatic nitrogens is 2. The van der Waals surface area contributed by atoms with Crippen molar-refractivity contribution in [1.82, 2.24) is 20.2 Å². The lowest BCUT2D eigenvalue weighted by atomic mass is 10.0. The third kappa shape index (κ3) is 4.86. The lowest BCUT2D eigenvalue weighted by Crippen LogP contribution is -2.44. The number of benzene rings is 1. The van der Waals surface area contributed by atoms with Crippen molar-refractivity contribution in [2.24, 2.45) is 0 Å². The second kappa shape index (κ2) is 8.80. The van der Waals surface area contributed by atoms with Gasteiger partial charge in [-0.15, -0.1) is 11.3 Å². The van der Waals surface area contributed by atoms with Gasteiger partial charge in [0.15, 0.2) is 0 Å². The number of likely N-dealkylation sites (tertiary alicyclic amines) is 1. The van der Waals surface area contributed by atoms with Gasteiger partial charge in [0.25, 0.3) is 5.91 Å². The summed E-state index contributed by atoms with van der Waals surface area (Å²) < 4.78 is 13.0. The normalized spacial score (nSPS) is 15.4. The number of nitrogens with zero attached hydrogens (tertiary/aromatic N) is 3. The molecule has 2 aromatic heterocycles. The smallest absolute Gasteiger partial charge is 0.263 e. The van der Waals surface area contributed by atoms with Crippen molar-refractivity contribution in [3.05, 3.63) is 70.6 Å². The molecule has 0 aliphatic carbocycles. The Morgan fingerprint density at radius 2 is 1.97 bits per heavy atom. The molecular formula is C22H23FN4OS. The van der Waals surface area contributed by atoms with Crippen LogP contribution in [0.5, 0.6) is 0 Å². The van der Waals surface area contributed by atoms with Crippen molar-refractivity contribution in [2.75, 3.05) is 13.1 Å². The van der Waals surface area contributed by atoms with Crippen LogP contribution in [0.4, 0.5) is 4.39 Å². The third-order valence-corrected chi connectivity index (χ3v) is 6.31. The molecule has 0 atom stereocenters. The first-order valence-electron chi connectivity index (χ1n) is 9.75. The number of aryl methyl sites for hydroxylation is 1. The average Bonchev–Trinajstić information content (AvgIpc) is 3.14. The molecule has 1 aromatic carbocycles. The molecule has 3 aromatic rings. The first-order chi connectivity index (χ1) is 14.1. The number of halogens is 1. The summed E-state index contributed by atoms with van der Waals surface area (Å²) in [6, 6.07) is 12.5.